The first-order chi connectivity index (χ1) is 21.3. The standard InChI is InChI=1S/C41H28N2/c1-2-39-42-37-19-7-8-20-38(37)43(39)28-23-21-26(22-24-28)36-25-27-11-9-16-33-31-14-5-3-12-29(31)30-13-4-6-15-32(30)34-17-10-18-35(36)41(34)40(27)33/h3-25H,2H2,1H3. The summed E-state index contributed by atoms with van der Waals surface area (Å²) in [6.07, 6.45) is 0.876. The fourth-order valence-corrected chi connectivity index (χ4v) is 7.23. The van der Waals surface area contributed by atoms with E-state index in [1.807, 2.05) is 0 Å². The number of hydrogen-bond acceptors (Lipinski definition) is 1. The van der Waals surface area contributed by atoms with E-state index in [9.17, 15) is 0 Å². The highest BCUT2D eigenvalue weighted by Crippen LogP contribution is 2.43. The molecule has 1 aromatic heterocycles. The number of para-hydroxylation sites is 2. The second-order valence-electron chi connectivity index (χ2n) is 11.4. The molecule has 2 heteroatoms. The highest BCUT2D eigenvalue weighted by atomic mass is 15.1. The molecule has 0 atom stereocenters. The number of hydrogen-bond donors (Lipinski definition) is 0. The number of aromatic nitrogens is 2. The number of rotatable bonds is 3. The van der Waals surface area contributed by atoms with Crippen molar-refractivity contribution in [3.63, 3.8) is 0 Å². The van der Waals surface area contributed by atoms with Gasteiger partial charge >= 0.3 is 0 Å². The van der Waals surface area contributed by atoms with Crippen LogP contribution in [0.4, 0.5) is 0 Å². The first-order valence-electron chi connectivity index (χ1n) is 15.0. The Kier molecular flexibility index (Phi) is 5.21. The SMILES string of the molecule is CCc1nc2ccccc2n1-c1ccc(-c2cc3cccc4c5ccccc5c5ccccc5c5cccc2c5c34)cc1. The summed E-state index contributed by atoms with van der Waals surface area (Å²) in [6.45, 7) is 2.17. The molecule has 9 aromatic rings. The molecule has 0 N–H and O–H groups in total. The van der Waals surface area contributed by atoms with Crippen molar-refractivity contribution in [2.24, 2.45) is 0 Å². The zero-order valence-corrected chi connectivity index (χ0v) is 23.9. The normalized spacial score (nSPS) is 11.9. The van der Waals surface area contributed by atoms with E-state index in [1.54, 1.807) is 0 Å². The summed E-state index contributed by atoms with van der Waals surface area (Å²) < 4.78 is 2.29. The quantitative estimate of drug-likeness (QED) is 0.201. The van der Waals surface area contributed by atoms with E-state index in [2.05, 4.69) is 151 Å². The second-order valence-corrected chi connectivity index (χ2v) is 11.4. The fourth-order valence-electron chi connectivity index (χ4n) is 7.23. The smallest absolute Gasteiger partial charge is 0.114 e. The maximum Gasteiger partial charge on any atom is 0.114 e. The lowest BCUT2D eigenvalue weighted by Crippen LogP contribution is -1.99. The zero-order chi connectivity index (χ0) is 28.5. The van der Waals surface area contributed by atoms with E-state index in [0.29, 0.717) is 0 Å². The number of benzene rings is 7. The Morgan fingerprint density at radius 1 is 0.512 bits per heavy atom. The van der Waals surface area contributed by atoms with E-state index < -0.39 is 0 Å². The lowest BCUT2D eigenvalue weighted by atomic mass is 9.87. The number of fused-ring (bicyclic) bond motifs is 6. The summed E-state index contributed by atoms with van der Waals surface area (Å²) in [5.74, 6) is 1.08. The van der Waals surface area contributed by atoms with Crippen molar-refractivity contribution in [2.75, 3.05) is 0 Å². The minimum absolute atomic E-state index is 0.876. The van der Waals surface area contributed by atoms with Gasteiger partial charge in [-0.3, -0.25) is 4.57 Å². The van der Waals surface area contributed by atoms with Gasteiger partial charge in [0.15, 0.2) is 0 Å². The Morgan fingerprint density at radius 3 is 1.77 bits per heavy atom. The molecule has 0 saturated heterocycles. The van der Waals surface area contributed by atoms with Crippen molar-refractivity contribution in [3.05, 3.63) is 145 Å². The molecule has 0 aliphatic carbocycles. The van der Waals surface area contributed by atoms with Crippen molar-refractivity contribution in [1.29, 1.82) is 0 Å². The Balaban J connectivity index is 1.37. The fraction of sp³-hybridized carbons (Fsp3) is 0.0488. The summed E-state index contributed by atoms with van der Waals surface area (Å²) in [4.78, 5) is 4.90. The predicted molar refractivity (Wildman–Crippen MR) is 183 cm³/mol. The molecule has 0 aliphatic rings. The van der Waals surface area contributed by atoms with E-state index in [0.717, 1.165) is 29.0 Å². The third kappa shape index (κ3) is 3.50. The van der Waals surface area contributed by atoms with Gasteiger partial charge < -0.3 is 0 Å². The van der Waals surface area contributed by atoms with Crippen LogP contribution in [0.15, 0.2) is 140 Å². The molecular formula is C41H28N2. The van der Waals surface area contributed by atoms with Crippen molar-refractivity contribution in [1.82, 2.24) is 9.55 Å². The molecular weight excluding hydrogens is 520 g/mol. The molecule has 0 aliphatic heterocycles. The Morgan fingerprint density at radius 2 is 1.07 bits per heavy atom. The summed E-state index contributed by atoms with van der Waals surface area (Å²) in [5, 5.41) is 12.9. The lowest BCUT2D eigenvalue weighted by Gasteiger charge is -2.17. The van der Waals surface area contributed by atoms with Crippen LogP contribution in [0.1, 0.15) is 12.7 Å². The van der Waals surface area contributed by atoms with Gasteiger partial charge in [-0.2, -0.15) is 0 Å². The van der Waals surface area contributed by atoms with Gasteiger partial charge in [-0.05, 0) is 95.3 Å². The molecule has 43 heavy (non-hydrogen) atoms. The molecule has 0 spiro atoms. The molecule has 9 rings (SSSR count). The van der Waals surface area contributed by atoms with Crippen LogP contribution in [-0.2, 0) is 6.42 Å². The summed E-state index contributed by atoms with van der Waals surface area (Å²) in [5.41, 5.74) is 5.80. The van der Waals surface area contributed by atoms with Crippen LogP contribution in [0, 0.1) is 0 Å². The van der Waals surface area contributed by atoms with Crippen molar-refractivity contribution in [2.45, 2.75) is 13.3 Å². The predicted octanol–water partition coefficient (Wildman–Crippen LogP) is 11.0. The average Bonchev–Trinajstić information content (AvgIpc) is 3.45. The highest BCUT2D eigenvalue weighted by molar-refractivity contribution is 6.34. The average molecular weight is 549 g/mol. The van der Waals surface area contributed by atoms with Crippen LogP contribution in [0.5, 0.6) is 0 Å². The van der Waals surface area contributed by atoms with Gasteiger partial charge in [0.05, 0.1) is 11.0 Å². The number of nitrogens with zero attached hydrogens (tertiary/aromatic N) is 2. The minimum atomic E-state index is 0.876. The van der Waals surface area contributed by atoms with Gasteiger partial charge in [0.2, 0.25) is 0 Å². The zero-order valence-electron chi connectivity index (χ0n) is 23.9. The monoisotopic (exact) mass is 548 g/mol. The van der Waals surface area contributed by atoms with Crippen LogP contribution in [0.25, 0.3) is 81.7 Å². The van der Waals surface area contributed by atoms with E-state index >= 15 is 0 Å². The maximum atomic E-state index is 4.90. The first-order valence-corrected chi connectivity index (χ1v) is 15.0. The minimum Gasteiger partial charge on any atom is -0.296 e. The van der Waals surface area contributed by atoms with Crippen LogP contribution in [-0.4, -0.2) is 9.55 Å². The summed E-state index contributed by atoms with van der Waals surface area (Å²) >= 11 is 0. The second kappa shape index (κ2) is 9.27. The van der Waals surface area contributed by atoms with Crippen molar-refractivity contribution >= 4 is 64.9 Å². The van der Waals surface area contributed by atoms with Gasteiger partial charge in [0, 0.05) is 12.1 Å². The molecule has 0 amide bonds. The van der Waals surface area contributed by atoms with Gasteiger partial charge in [0.25, 0.3) is 0 Å². The number of aryl methyl sites for hydroxylation is 1. The molecule has 0 unspecified atom stereocenters. The largest absolute Gasteiger partial charge is 0.296 e. The third-order valence-electron chi connectivity index (χ3n) is 9.11. The molecule has 2 nitrogen and oxygen atoms in total. The molecule has 8 aromatic carbocycles. The molecule has 0 saturated carbocycles. The van der Waals surface area contributed by atoms with E-state index in [1.165, 1.54) is 65.0 Å². The van der Waals surface area contributed by atoms with Crippen molar-refractivity contribution < 1.29 is 0 Å². The Labute approximate surface area is 249 Å². The molecule has 0 radical (unpaired) electrons. The van der Waals surface area contributed by atoms with Gasteiger partial charge in [0.1, 0.15) is 5.82 Å². The summed E-state index contributed by atoms with van der Waals surface area (Å²) in [6, 6.07) is 51.1. The van der Waals surface area contributed by atoms with Crippen LogP contribution >= 0.6 is 0 Å². The van der Waals surface area contributed by atoms with Crippen LogP contribution in [0.2, 0.25) is 0 Å². The van der Waals surface area contributed by atoms with Crippen molar-refractivity contribution in [3.8, 4) is 16.8 Å². The maximum absolute atomic E-state index is 4.90. The number of imidazole rings is 1. The van der Waals surface area contributed by atoms with Crippen LogP contribution < -0.4 is 0 Å². The topological polar surface area (TPSA) is 17.8 Å². The Bertz CT molecular complexity index is 2530. The Hall–Kier alpha value is -5.47. The van der Waals surface area contributed by atoms with Gasteiger partial charge in [-0.1, -0.05) is 116 Å². The molecule has 202 valence electrons. The lowest BCUT2D eigenvalue weighted by molar-refractivity contribution is 0.908. The van der Waals surface area contributed by atoms with E-state index in [-0.39, 0.29) is 0 Å². The summed E-state index contributed by atoms with van der Waals surface area (Å²) in [7, 11) is 0. The third-order valence-corrected chi connectivity index (χ3v) is 9.11. The van der Waals surface area contributed by atoms with Crippen LogP contribution in [0.3, 0.4) is 0 Å². The molecule has 0 fully saturated rings. The molecule has 1 heterocycles. The first kappa shape index (κ1) is 24.2. The van der Waals surface area contributed by atoms with E-state index in [4.69, 9.17) is 4.98 Å². The van der Waals surface area contributed by atoms with Gasteiger partial charge in [-0.25, -0.2) is 4.98 Å². The van der Waals surface area contributed by atoms with Gasteiger partial charge in [-0.15, -0.1) is 0 Å². The molecule has 0 bridgehead atoms. The highest BCUT2D eigenvalue weighted by Gasteiger charge is 2.16.